The number of hydrogen-bond acceptors (Lipinski definition) is 2. The number of rotatable bonds is 3. The molecule has 94 valence electrons. The number of nitrogens with two attached hydrogens (primary N) is 1. The maximum Gasteiger partial charge on any atom is 0.0318 e. The molecular weight excluding hydrogens is 306 g/mol. The van der Waals surface area contributed by atoms with Gasteiger partial charge in [0, 0.05) is 20.8 Å². The predicted molar refractivity (Wildman–Crippen MR) is 82.1 cm³/mol. The maximum atomic E-state index is 5.63. The van der Waals surface area contributed by atoms with Crippen LogP contribution < -0.4 is 5.73 Å². The van der Waals surface area contributed by atoms with E-state index in [0.717, 1.165) is 10.0 Å². The van der Waals surface area contributed by atoms with Gasteiger partial charge in [-0.05, 0) is 59.1 Å². The Morgan fingerprint density at radius 2 is 1.78 bits per heavy atom. The van der Waals surface area contributed by atoms with Crippen molar-refractivity contribution < 1.29 is 0 Å². The summed E-state index contributed by atoms with van der Waals surface area (Å²) in [6.45, 7) is 4.85. The first-order chi connectivity index (χ1) is 8.60. The normalized spacial score (nSPS) is 10.7. The topological polar surface area (TPSA) is 26.0 Å². The molecule has 0 aliphatic rings. The zero-order valence-electron chi connectivity index (χ0n) is 10.5. The second-order valence-corrected chi connectivity index (χ2v) is 6.28. The van der Waals surface area contributed by atoms with Crippen molar-refractivity contribution in [1.82, 2.24) is 0 Å². The largest absolute Gasteiger partial charge is 0.326 e. The summed E-state index contributed by atoms with van der Waals surface area (Å²) in [5.74, 6) is 0. The van der Waals surface area contributed by atoms with Crippen LogP contribution in [0.1, 0.15) is 16.7 Å². The van der Waals surface area contributed by atoms with E-state index < -0.39 is 0 Å². The van der Waals surface area contributed by atoms with Gasteiger partial charge in [0.25, 0.3) is 0 Å². The summed E-state index contributed by atoms with van der Waals surface area (Å²) in [6, 6.07) is 12.8. The Labute approximate surface area is 121 Å². The Kier molecular flexibility index (Phi) is 4.49. The van der Waals surface area contributed by atoms with Gasteiger partial charge < -0.3 is 5.73 Å². The fourth-order valence-corrected chi connectivity index (χ4v) is 3.34. The Hall–Kier alpha value is -0.770. The fourth-order valence-electron chi connectivity index (χ4n) is 1.79. The average molecular weight is 322 g/mol. The van der Waals surface area contributed by atoms with E-state index in [4.69, 9.17) is 5.73 Å². The van der Waals surface area contributed by atoms with Crippen molar-refractivity contribution in [3.8, 4) is 0 Å². The molecule has 0 amide bonds. The van der Waals surface area contributed by atoms with E-state index in [2.05, 4.69) is 66.2 Å². The van der Waals surface area contributed by atoms with Crippen molar-refractivity contribution >= 4 is 27.7 Å². The van der Waals surface area contributed by atoms with Crippen LogP contribution in [0.2, 0.25) is 0 Å². The molecule has 0 aliphatic carbocycles. The van der Waals surface area contributed by atoms with Gasteiger partial charge in [0.05, 0.1) is 0 Å². The highest BCUT2D eigenvalue weighted by Crippen LogP contribution is 2.35. The van der Waals surface area contributed by atoms with Gasteiger partial charge in [-0.2, -0.15) is 0 Å². The van der Waals surface area contributed by atoms with E-state index in [9.17, 15) is 0 Å². The Morgan fingerprint density at radius 3 is 2.39 bits per heavy atom. The molecule has 2 N–H and O–H groups in total. The molecule has 1 nitrogen and oxygen atoms in total. The predicted octanol–water partition coefficient (Wildman–Crippen LogP) is 4.68. The SMILES string of the molecule is Cc1ccc(Sc2ccc(CN)cc2Br)c(C)c1. The zero-order chi connectivity index (χ0) is 13.1. The van der Waals surface area contributed by atoms with Gasteiger partial charge >= 0.3 is 0 Å². The Morgan fingerprint density at radius 1 is 1.06 bits per heavy atom. The maximum absolute atomic E-state index is 5.63. The molecule has 3 heteroatoms. The van der Waals surface area contributed by atoms with Crippen molar-refractivity contribution in [3.63, 3.8) is 0 Å². The van der Waals surface area contributed by atoms with E-state index >= 15 is 0 Å². The third kappa shape index (κ3) is 3.16. The highest BCUT2D eigenvalue weighted by molar-refractivity contribution is 9.10. The third-order valence-electron chi connectivity index (χ3n) is 2.78. The quantitative estimate of drug-likeness (QED) is 0.888. The molecule has 0 atom stereocenters. The van der Waals surface area contributed by atoms with Crippen LogP contribution in [0.3, 0.4) is 0 Å². The molecule has 0 unspecified atom stereocenters. The van der Waals surface area contributed by atoms with Crippen LogP contribution in [-0.4, -0.2) is 0 Å². The molecule has 0 radical (unpaired) electrons. The first kappa shape index (κ1) is 13.7. The van der Waals surface area contributed by atoms with Crippen LogP contribution in [-0.2, 0) is 6.54 Å². The van der Waals surface area contributed by atoms with Crippen molar-refractivity contribution in [3.05, 3.63) is 57.6 Å². The molecule has 0 saturated carbocycles. The van der Waals surface area contributed by atoms with Gasteiger partial charge in [-0.15, -0.1) is 0 Å². The third-order valence-corrected chi connectivity index (χ3v) is 4.95. The second-order valence-electron chi connectivity index (χ2n) is 4.34. The zero-order valence-corrected chi connectivity index (χ0v) is 12.9. The number of aryl methyl sites for hydroxylation is 2. The van der Waals surface area contributed by atoms with E-state index in [0.29, 0.717) is 6.54 Å². The van der Waals surface area contributed by atoms with Crippen LogP contribution >= 0.6 is 27.7 Å². The van der Waals surface area contributed by atoms with Crippen LogP contribution in [0.15, 0.2) is 50.7 Å². The van der Waals surface area contributed by atoms with Crippen molar-refractivity contribution in [1.29, 1.82) is 0 Å². The van der Waals surface area contributed by atoms with E-state index in [1.165, 1.54) is 20.9 Å². The van der Waals surface area contributed by atoms with Crippen LogP contribution in [0, 0.1) is 13.8 Å². The van der Waals surface area contributed by atoms with E-state index in [1.807, 2.05) is 0 Å². The fraction of sp³-hybridized carbons (Fsp3) is 0.200. The molecule has 2 aromatic carbocycles. The van der Waals surface area contributed by atoms with Gasteiger partial charge in [-0.25, -0.2) is 0 Å². The van der Waals surface area contributed by atoms with Crippen LogP contribution in [0.5, 0.6) is 0 Å². The molecule has 2 aromatic rings. The minimum Gasteiger partial charge on any atom is -0.326 e. The van der Waals surface area contributed by atoms with E-state index in [-0.39, 0.29) is 0 Å². The van der Waals surface area contributed by atoms with Gasteiger partial charge in [0.15, 0.2) is 0 Å². The highest BCUT2D eigenvalue weighted by atomic mass is 79.9. The van der Waals surface area contributed by atoms with Crippen LogP contribution in [0.25, 0.3) is 0 Å². The standard InChI is InChI=1S/C15H16BrNS/c1-10-3-5-14(11(2)7-10)18-15-6-4-12(9-17)8-13(15)16/h3-8H,9,17H2,1-2H3. The monoisotopic (exact) mass is 321 g/mol. The smallest absolute Gasteiger partial charge is 0.0318 e. The minimum absolute atomic E-state index is 0.576. The molecule has 18 heavy (non-hydrogen) atoms. The molecule has 0 spiro atoms. The summed E-state index contributed by atoms with van der Waals surface area (Å²) in [4.78, 5) is 2.51. The minimum atomic E-state index is 0.576. The molecule has 0 heterocycles. The summed E-state index contributed by atoms with van der Waals surface area (Å²) >= 11 is 5.39. The number of benzene rings is 2. The van der Waals surface area contributed by atoms with Gasteiger partial charge in [0.1, 0.15) is 0 Å². The lowest BCUT2D eigenvalue weighted by Crippen LogP contribution is -1.95. The second kappa shape index (κ2) is 5.91. The molecule has 2 rings (SSSR count). The molecule has 0 saturated heterocycles. The number of hydrogen-bond donors (Lipinski definition) is 1. The van der Waals surface area contributed by atoms with Crippen LogP contribution in [0.4, 0.5) is 0 Å². The van der Waals surface area contributed by atoms with Crippen molar-refractivity contribution in [2.45, 2.75) is 30.2 Å². The lowest BCUT2D eigenvalue weighted by molar-refractivity contribution is 1.06. The highest BCUT2D eigenvalue weighted by Gasteiger charge is 2.05. The molecule has 0 fully saturated rings. The summed E-state index contributed by atoms with van der Waals surface area (Å²) < 4.78 is 1.11. The molecule has 0 aliphatic heterocycles. The Balaban J connectivity index is 2.28. The molecule has 0 aromatic heterocycles. The number of halogens is 1. The van der Waals surface area contributed by atoms with Crippen molar-refractivity contribution in [2.75, 3.05) is 0 Å². The summed E-state index contributed by atoms with van der Waals surface area (Å²) in [7, 11) is 0. The lowest BCUT2D eigenvalue weighted by atomic mass is 10.2. The lowest BCUT2D eigenvalue weighted by Gasteiger charge is -2.09. The summed E-state index contributed by atoms with van der Waals surface area (Å²) in [6.07, 6.45) is 0. The van der Waals surface area contributed by atoms with Crippen molar-refractivity contribution in [2.24, 2.45) is 5.73 Å². The summed E-state index contributed by atoms with van der Waals surface area (Å²) in [5.41, 5.74) is 9.39. The van der Waals surface area contributed by atoms with Gasteiger partial charge in [-0.1, -0.05) is 35.5 Å². The molecular formula is C15H16BrNS. The first-order valence-electron chi connectivity index (χ1n) is 5.84. The van der Waals surface area contributed by atoms with Gasteiger partial charge in [-0.3, -0.25) is 0 Å². The Bertz CT molecular complexity index is 566. The summed E-state index contributed by atoms with van der Waals surface area (Å²) in [5, 5.41) is 0. The van der Waals surface area contributed by atoms with E-state index in [1.54, 1.807) is 11.8 Å². The average Bonchev–Trinajstić information content (AvgIpc) is 2.34. The van der Waals surface area contributed by atoms with Gasteiger partial charge in [0.2, 0.25) is 0 Å². The molecule has 0 bridgehead atoms. The first-order valence-corrected chi connectivity index (χ1v) is 7.44.